The summed E-state index contributed by atoms with van der Waals surface area (Å²) >= 11 is 1.01. The number of rotatable bonds is 7. The van der Waals surface area contributed by atoms with Gasteiger partial charge in [-0.05, 0) is 44.4 Å². The van der Waals surface area contributed by atoms with Gasteiger partial charge in [0.2, 0.25) is 10.0 Å². The summed E-state index contributed by atoms with van der Waals surface area (Å²) in [6.45, 7) is 3.79. The van der Waals surface area contributed by atoms with Crippen molar-refractivity contribution in [3.05, 3.63) is 40.4 Å². The molecule has 29 heavy (non-hydrogen) atoms. The highest BCUT2D eigenvalue weighted by molar-refractivity contribution is 7.92. The highest BCUT2D eigenvalue weighted by Gasteiger charge is 2.52. The maximum absolute atomic E-state index is 12.6. The summed E-state index contributed by atoms with van der Waals surface area (Å²) in [4.78, 5) is 29.3. The molecule has 10 heteroatoms. The predicted octanol–water partition coefficient (Wildman–Crippen LogP) is 2.69. The number of nitrogens with one attached hydrogen (secondary N) is 1. The van der Waals surface area contributed by atoms with Crippen LogP contribution in [0.3, 0.4) is 0 Å². The van der Waals surface area contributed by atoms with Crippen LogP contribution in [0.15, 0.2) is 24.3 Å². The molecule has 1 aliphatic carbocycles. The minimum absolute atomic E-state index is 0.209. The molecule has 1 fully saturated rings. The zero-order valence-electron chi connectivity index (χ0n) is 16.7. The summed E-state index contributed by atoms with van der Waals surface area (Å²) < 4.78 is 29.6. The number of anilines is 2. The highest BCUT2D eigenvalue weighted by atomic mass is 32.2. The number of hydrogen-bond acceptors (Lipinski definition) is 7. The third kappa shape index (κ3) is 4.27. The van der Waals surface area contributed by atoms with E-state index in [-0.39, 0.29) is 17.0 Å². The van der Waals surface area contributed by atoms with Gasteiger partial charge in [0.1, 0.15) is 4.88 Å². The molecular formula is C19H23N3O5S2. The first-order valence-electron chi connectivity index (χ1n) is 9.09. The molecule has 3 rings (SSSR count). The van der Waals surface area contributed by atoms with Crippen LogP contribution in [0.4, 0.5) is 10.8 Å². The molecule has 1 saturated carbocycles. The predicted molar refractivity (Wildman–Crippen MR) is 112 cm³/mol. The van der Waals surface area contributed by atoms with Gasteiger partial charge >= 0.3 is 5.97 Å². The molecule has 0 unspecified atom stereocenters. The molecule has 0 saturated heterocycles. The number of aryl methyl sites for hydroxylation is 1. The van der Waals surface area contributed by atoms with Crippen molar-refractivity contribution in [3.8, 4) is 0 Å². The van der Waals surface area contributed by atoms with Crippen LogP contribution in [0, 0.1) is 6.92 Å². The van der Waals surface area contributed by atoms with Gasteiger partial charge in [-0.2, -0.15) is 0 Å². The van der Waals surface area contributed by atoms with Gasteiger partial charge in [-0.1, -0.05) is 23.5 Å². The number of nitrogens with zero attached hydrogens (tertiary/aromatic N) is 2. The lowest BCUT2D eigenvalue weighted by Crippen LogP contribution is -2.24. The average Bonchev–Trinajstić information content (AvgIpc) is 3.38. The van der Waals surface area contributed by atoms with E-state index in [1.165, 1.54) is 7.05 Å². The average molecular weight is 438 g/mol. The van der Waals surface area contributed by atoms with E-state index in [9.17, 15) is 18.0 Å². The Morgan fingerprint density at radius 1 is 1.28 bits per heavy atom. The zero-order chi connectivity index (χ0) is 21.4. The van der Waals surface area contributed by atoms with Crippen molar-refractivity contribution in [1.82, 2.24) is 4.98 Å². The summed E-state index contributed by atoms with van der Waals surface area (Å²) in [5.74, 6) is -0.577. The first-order valence-corrected chi connectivity index (χ1v) is 11.8. The summed E-state index contributed by atoms with van der Waals surface area (Å²) in [5.41, 5.74) is 1.34. The molecule has 1 aromatic heterocycles. The number of esters is 1. The normalized spacial score (nSPS) is 14.9. The summed E-state index contributed by atoms with van der Waals surface area (Å²) in [5, 5.41) is 3.02. The number of benzene rings is 1. The maximum atomic E-state index is 12.6. The van der Waals surface area contributed by atoms with Gasteiger partial charge in [-0.3, -0.25) is 9.59 Å². The second-order valence-corrected chi connectivity index (χ2v) is 9.97. The van der Waals surface area contributed by atoms with Crippen LogP contribution in [-0.2, 0) is 25.0 Å². The lowest BCUT2D eigenvalue weighted by Gasteiger charge is -2.14. The Labute approximate surface area is 173 Å². The molecule has 156 valence electrons. The van der Waals surface area contributed by atoms with Crippen molar-refractivity contribution in [1.29, 1.82) is 0 Å². The maximum Gasteiger partial charge on any atom is 0.316 e. The van der Waals surface area contributed by atoms with Crippen molar-refractivity contribution in [2.24, 2.45) is 0 Å². The molecule has 0 radical (unpaired) electrons. The Kier molecular flexibility index (Phi) is 5.68. The third-order valence-corrected chi connectivity index (χ3v) is 7.39. The summed E-state index contributed by atoms with van der Waals surface area (Å²) in [7, 11) is -2.06. The molecule has 0 aliphatic heterocycles. The van der Waals surface area contributed by atoms with Crippen molar-refractivity contribution in [3.63, 3.8) is 0 Å². The van der Waals surface area contributed by atoms with Gasteiger partial charge in [0, 0.05) is 12.7 Å². The minimum atomic E-state index is -3.46. The molecule has 2 aromatic rings. The number of sulfonamides is 1. The largest absolute Gasteiger partial charge is 0.465 e. The Balaban J connectivity index is 1.74. The van der Waals surface area contributed by atoms with Gasteiger partial charge in [-0.15, -0.1) is 0 Å². The molecule has 1 aliphatic rings. The van der Waals surface area contributed by atoms with Crippen LogP contribution in [0.1, 0.15) is 40.7 Å². The molecule has 1 aromatic carbocycles. The van der Waals surface area contributed by atoms with Gasteiger partial charge in [-0.25, -0.2) is 17.7 Å². The summed E-state index contributed by atoms with van der Waals surface area (Å²) in [6, 6.07) is 7.13. The van der Waals surface area contributed by atoms with Crippen LogP contribution in [0.2, 0.25) is 0 Å². The Bertz CT molecular complexity index is 1040. The molecule has 0 atom stereocenters. The first kappa shape index (κ1) is 21.3. The van der Waals surface area contributed by atoms with E-state index in [1.807, 2.05) is 12.1 Å². The van der Waals surface area contributed by atoms with Crippen LogP contribution in [0.5, 0.6) is 0 Å². The van der Waals surface area contributed by atoms with Crippen molar-refractivity contribution < 1.29 is 22.7 Å². The second kappa shape index (κ2) is 7.75. The lowest BCUT2D eigenvalue weighted by atomic mass is 9.96. The fourth-order valence-electron chi connectivity index (χ4n) is 2.93. The number of ether oxygens (including phenoxy) is 1. The quantitative estimate of drug-likeness (QED) is 0.668. The number of hydrogen-bond donors (Lipinski definition) is 1. The molecular weight excluding hydrogens is 414 g/mol. The molecule has 1 N–H and O–H groups in total. The van der Waals surface area contributed by atoms with Gasteiger partial charge < -0.3 is 10.1 Å². The van der Waals surface area contributed by atoms with Gasteiger partial charge in [0.05, 0.1) is 24.0 Å². The standard InChI is InChI=1S/C19H23N3O5S2/c1-5-27-17(24)19(10-11-19)13-6-8-14(9-7-13)21-16(23)15-12(2)20-18(28-15)22(3)29(4,25)26/h6-9H,5,10-11H2,1-4H3,(H,21,23). The van der Waals surface area contributed by atoms with Crippen LogP contribution in [-0.4, -0.2) is 45.2 Å². The summed E-state index contributed by atoms with van der Waals surface area (Å²) in [6.07, 6.45) is 2.59. The first-order chi connectivity index (χ1) is 13.6. The number of thiazole rings is 1. The monoisotopic (exact) mass is 437 g/mol. The van der Waals surface area contributed by atoms with E-state index in [0.29, 0.717) is 22.9 Å². The van der Waals surface area contributed by atoms with Gasteiger partial charge in [0.25, 0.3) is 5.91 Å². The molecule has 0 bridgehead atoms. The minimum Gasteiger partial charge on any atom is -0.465 e. The Morgan fingerprint density at radius 3 is 2.41 bits per heavy atom. The van der Waals surface area contributed by atoms with E-state index in [4.69, 9.17) is 4.74 Å². The van der Waals surface area contributed by atoms with Crippen LogP contribution < -0.4 is 9.62 Å². The van der Waals surface area contributed by atoms with Crippen LogP contribution >= 0.6 is 11.3 Å². The molecule has 8 nitrogen and oxygen atoms in total. The lowest BCUT2D eigenvalue weighted by molar-refractivity contribution is -0.146. The van der Waals surface area contributed by atoms with Gasteiger partial charge in [0.15, 0.2) is 5.13 Å². The number of carbonyl (C=O) groups is 2. The fraction of sp³-hybridized carbons (Fsp3) is 0.421. The molecule has 1 heterocycles. The van der Waals surface area contributed by atoms with E-state index in [2.05, 4.69) is 10.3 Å². The zero-order valence-corrected chi connectivity index (χ0v) is 18.3. The second-order valence-electron chi connectivity index (χ2n) is 6.98. The van der Waals surface area contributed by atoms with E-state index in [0.717, 1.165) is 40.3 Å². The van der Waals surface area contributed by atoms with Crippen LogP contribution in [0.25, 0.3) is 0 Å². The highest BCUT2D eigenvalue weighted by Crippen LogP contribution is 2.49. The molecule has 1 amide bonds. The SMILES string of the molecule is CCOC(=O)C1(c2ccc(NC(=O)c3sc(N(C)S(C)(=O)=O)nc3C)cc2)CC1. The smallest absolute Gasteiger partial charge is 0.316 e. The van der Waals surface area contributed by atoms with Crippen molar-refractivity contribution in [2.45, 2.75) is 32.1 Å². The number of aromatic nitrogens is 1. The number of amides is 1. The van der Waals surface area contributed by atoms with E-state index < -0.39 is 15.4 Å². The van der Waals surface area contributed by atoms with E-state index >= 15 is 0 Å². The van der Waals surface area contributed by atoms with Crippen molar-refractivity contribution >= 4 is 44.1 Å². The Morgan fingerprint density at radius 2 is 1.90 bits per heavy atom. The molecule has 0 spiro atoms. The fourth-order valence-corrected chi connectivity index (χ4v) is 4.61. The van der Waals surface area contributed by atoms with E-state index in [1.54, 1.807) is 26.0 Å². The Hall–Kier alpha value is -2.46. The van der Waals surface area contributed by atoms with Crippen molar-refractivity contribution in [2.75, 3.05) is 29.5 Å². The topological polar surface area (TPSA) is 106 Å². The number of carbonyl (C=O) groups excluding carboxylic acids is 2. The third-order valence-electron chi connectivity index (χ3n) is 4.87.